The second kappa shape index (κ2) is 6.58. The smallest absolute Gasteiger partial charge is 0.119 e. The highest BCUT2D eigenvalue weighted by molar-refractivity contribution is 5.31. The molecule has 0 saturated carbocycles. The Hall–Kier alpha value is -1.80. The second-order valence-corrected chi connectivity index (χ2v) is 5.30. The number of hydrogen-bond acceptors (Lipinski definition) is 2. The first kappa shape index (κ1) is 14.6. The predicted octanol–water partition coefficient (Wildman–Crippen LogP) is 4.42. The molecule has 2 heteroatoms. The Morgan fingerprint density at radius 1 is 0.900 bits per heavy atom. The molecule has 0 spiro atoms. The number of nitrogens with one attached hydrogen (secondary N) is 1. The number of ether oxygens (including phenoxy) is 1. The van der Waals surface area contributed by atoms with Crippen LogP contribution in [0.15, 0.2) is 48.5 Å². The molecule has 20 heavy (non-hydrogen) atoms. The van der Waals surface area contributed by atoms with Gasteiger partial charge in [0.15, 0.2) is 0 Å². The van der Waals surface area contributed by atoms with Crippen LogP contribution in [0.2, 0.25) is 0 Å². The van der Waals surface area contributed by atoms with Crippen LogP contribution in [-0.2, 0) is 0 Å². The standard InChI is InChI=1S/C18H23NO/c1-13-8-10-16(11-9-13)14(2)19-15(3)17-6-5-7-18(12-17)20-4/h5-12,14-15,19H,1-4H3/t14-,15+/m1/s1. The molecule has 2 atom stereocenters. The van der Waals surface area contributed by atoms with Gasteiger partial charge in [0, 0.05) is 12.1 Å². The van der Waals surface area contributed by atoms with E-state index >= 15 is 0 Å². The van der Waals surface area contributed by atoms with E-state index in [0.717, 1.165) is 5.75 Å². The van der Waals surface area contributed by atoms with Crippen LogP contribution in [-0.4, -0.2) is 7.11 Å². The lowest BCUT2D eigenvalue weighted by Gasteiger charge is -2.21. The molecule has 0 aromatic heterocycles. The molecule has 2 aromatic rings. The molecule has 0 aliphatic rings. The molecular formula is C18H23NO. The SMILES string of the molecule is COc1cccc([C@H](C)N[C@H](C)c2ccc(C)cc2)c1. The lowest BCUT2D eigenvalue weighted by molar-refractivity contribution is 0.412. The average molecular weight is 269 g/mol. The third-order valence-corrected chi connectivity index (χ3v) is 3.67. The van der Waals surface area contributed by atoms with Crippen LogP contribution in [0, 0.1) is 6.92 Å². The number of benzene rings is 2. The van der Waals surface area contributed by atoms with Gasteiger partial charge in [0.05, 0.1) is 7.11 Å². The molecule has 0 aliphatic heterocycles. The second-order valence-electron chi connectivity index (χ2n) is 5.30. The van der Waals surface area contributed by atoms with Gasteiger partial charge >= 0.3 is 0 Å². The van der Waals surface area contributed by atoms with Crippen LogP contribution in [0.5, 0.6) is 5.75 Å². The van der Waals surface area contributed by atoms with Crippen LogP contribution in [0.3, 0.4) is 0 Å². The van der Waals surface area contributed by atoms with Gasteiger partial charge in [-0.1, -0.05) is 42.0 Å². The molecule has 2 aromatic carbocycles. The minimum Gasteiger partial charge on any atom is -0.497 e. The average Bonchev–Trinajstić information content (AvgIpc) is 2.47. The quantitative estimate of drug-likeness (QED) is 0.867. The molecule has 0 aliphatic carbocycles. The molecule has 2 rings (SSSR count). The van der Waals surface area contributed by atoms with Gasteiger partial charge in [-0.3, -0.25) is 0 Å². The summed E-state index contributed by atoms with van der Waals surface area (Å²) in [6.07, 6.45) is 0. The molecule has 1 N–H and O–H groups in total. The van der Waals surface area contributed by atoms with Crippen molar-refractivity contribution in [1.82, 2.24) is 5.32 Å². The summed E-state index contributed by atoms with van der Waals surface area (Å²) in [7, 11) is 1.70. The Morgan fingerprint density at radius 2 is 1.55 bits per heavy atom. The van der Waals surface area contributed by atoms with Gasteiger partial charge in [0.2, 0.25) is 0 Å². The molecule has 0 saturated heterocycles. The Balaban J connectivity index is 2.06. The summed E-state index contributed by atoms with van der Waals surface area (Å²) in [5.74, 6) is 0.902. The zero-order chi connectivity index (χ0) is 14.5. The zero-order valence-corrected chi connectivity index (χ0v) is 12.7. The van der Waals surface area contributed by atoms with Crippen molar-refractivity contribution in [2.45, 2.75) is 32.9 Å². The summed E-state index contributed by atoms with van der Waals surface area (Å²) < 4.78 is 5.28. The van der Waals surface area contributed by atoms with Gasteiger partial charge in [-0.2, -0.15) is 0 Å². The van der Waals surface area contributed by atoms with E-state index in [1.807, 2.05) is 12.1 Å². The van der Waals surface area contributed by atoms with E-state index in [9.17, 15) is 0 Å². The molecule has 2 nitrogen and oxygen atoms in total. The molecule has 0 bridgehead atoms. The highest BCUT2D eigenvalue weighted by atomic mass is 16.5. The fourth-order valence-electron chi connectivity index (χ4n) is 2.33. The molecule has 0 amide bonds. The van der Waals surface area contributed by atoms with Gasteiger partial charge in [-0.15, -0.1) is 0 Å². The molecule has 0 fully saturated rings. The Labute approximate surface area is 121 Å². The number of methoxy groups -OCH3 is 1. The van der Waals surface area contributed by atoms with Crippen LogP contribution < -0.4 is 10.1 Å². The fourth-order valence-corrected chi connectivity index (χ4v) is 2.33. The summed E-state index contributed by atoms with van der Waals surface area (Å²) in [5.41, 5.74) is 3.84. The van der Waals surface area contributed by atoms with Crippen LogP contribution in [0.25, 0.3) is 0 Å². The van der Waals surface area contributed by atoms with E-state index in [0.29, 0.717) is 6.04 Å². The molecule has 0 radical (unpaired) electrons. The van der Waals surface area contributed by atoms with Crippen molar-refractivity contribution in [2.24, 2.45) is 0 Å². The highest BCUT2D eigenvalue weighted by Gasteiger charge is 2.11. The third-order valence-electron chi connectivity index (χ3n) is 3.67. The summed E-state index contributed by atoms with van der Waals surface area (Å²) in [6.45, 7) is 6.49. The van der Waals surface area contributed by atoms with E-state index < -0.39 is 0 Å². The van der Waals surface area contributed by atoms with Crippen molar-refractivity contribution >= 4 is 0 Å². The van der Waals surface area contributed by atoms with Crippen molar-refractivity contribution in [3.05, 3.63) is 65.2 Å². The van der Waals surface area contributed by atoms with Crippen LogP contribution in [0.4, 0.5) is 0 Å². The molecular weight excluding hydrogens is 246 g/mol. The first-order chi connectivity index (χ1) is 9.60. The van der Waals surface area contributed by atoms with Crippen molar-refractivity contribution in [2.75, 3.05) is 7.11 Å². The first-order valence-corrected chi connectivity index (χ1v) is 7.06. The lowest BCUT2D eigenvalue weighted by atomic mass is 10.0. The number of rotatable bonds is 5. The Kier molecular flexibility index (Phi) is 4.80. The topological polar surface area (TPSA) is 21.3 Å². The Morgan fingerprint density at radius 3 is 2.20 bits per heavy atom. The van der Waals surface area contributed by atoms with Crippen LogP contribution in [0.1, 0.15) is 42.6 Å². The van der Waals surface area contributed by atoms with E-state index in [4.69, 9.17) is 4.74 Å². The minimum atomic E-state index is 0.279. The number of aryl methyl sites for hydroxylation is 1. The normalized spacial score (nSPS) is 13.8. The lowest BCUT2D eigenvalue weighted by Crippen LogP contribution is -2.22. The maximum absolute atomic E-state index is 5.28. The largest absolute Gasteiger partial charge is 0.497 e. The van der Waals surface area contributed by atoms with Gasteiger partial charge in [-0.25, -0.2) is 0 Å². The Bertz CT molecular complexity index is 548. The molecule has 0 heterocycles. The molecule has 106 valence electrons. The highest BCUT2D eigenvalue weighted by Crippen LogP contribution is 2.22. The monoisotopic (exact) mass is 269 g/mol. The van der Waals surface area contributed by atoms with Crippen molar-refractivity contribution in [3.63, 3.8) is 0 Å². The van der Waals surface area contributed by atoms with Gasteiger partial charge in [-0.05, 0) is 44.0 Å². The summed E-state index contributed by atoms with van der Waals surface area (Å²) in [6, 6.07) is 17.5. The summed E-state index contributed by atoms with van der Waals surface area (Å²) >= 11 is 0. The fraction of sp³-hybridized carbons (Fsp3) is 0.333. The third kappa shape index (κ3) is 3.61. The zero-order valence-electron chi connectivity index (χ0n) is 12.7. The van der Waals surface area contributed by atoms with E-state index in [1.54, 1.807) is 7.11 Å². The van der Waals surface area contributed by atoms with E-state index in [-0.39, 0.29) is 6.04 Å². The van der Waals surface area contributed by atoms with Gasteiger partial charge in [0.25, 0.3) is 0 Å². The summed E-state index contributed by atoms with van der Waals surface area (Å²) in [4.78, 5) is 0. The number of hydrogen-bond donors (Lipinski definition) is 1. The summed E-state index contributed by atoms with van der Waals surface area (Å²) in [5, 5.41) is 3.63. The first-order valence-electron chi connectivity index (χ1n) is 7.06. The maximum Gasteiger partial charge on any atom is 0.119 e. The van der Waals surface area contributed by atoms with Crippen molar-refractivity contribution < 1.29 is 4.74 Å². The van der Waals surface area contributed by atoms with Crippen molar-refractivity contribution in [3.8, 4) is 5.75 Å². The van der Waals surface area contributed by atoms with Gasteiger partial charge < -0.3 is 10.1 Å². The van der Waals surface area contributed by atoms with Crippen molar-refractivity contribution in [1.29, 1.82) is 0 Å². The van der Waals surface area contributed by atoms with Crippen LogP contribution >= 0.6 is 0 Å². The minimum absolute atomic E-state index is 0.279. The van der Waals surface area contributed by atoms with Gasteiger partial charge in [0.1, 0.15) is 5.75 Å². The predicted molar refractivity (Wildman–Crippen MR) is 84.1 cm³/mol. The maximum atomic E-state index is 5.28. The van der Waals surface area contributed by atoms with E-state index in [1.165, 1.54) is 16.7 Å². The van der Waals surface area contributed by atoms with E-state index in [2.05, 4.69) is 62.5 Å². The molecule has 0 unspecified atom stereocenters.